The fraction of sp³-hybridized carbons (Fsp3) is 0. The molecular weight excluding hydrogens is 232 g/mol. The molecule has 3 heteroatoms. The van der Waals surface area contributed by atoms with Crippen LogP contribution < -0.4 is 5.73 Å². The lowest BCUT2D eigenvalue weighted by atomic mass is 10.1. The molecule has 3 N–H and O–H groups in total. The standard InChI is InChI=1S/C14H11ClN2/c15-11-4-1-10-7-13(17-14(10)8-11)9-2-5-12(16)6-3-9/h1-8,17H,16H2. The molecule has 0 fully saturated rings. The first kappa shape index (κ1) is 10.2. The van der Waals surface area contributed by atoms with Crippen molar-refractivity contribution < 1.29 is 0 Å². The number of hydrogen-bond acceptors (Lipinski definition) is 1. The van der Waals surface area contributed by atoms with Crippen LogP contribution in [0, 0.1) is 0 Å². The van der Waals surface area contributed by atoms with Crippen molar-refractivity contribution in [2.24, 2.45) is 0 Å². The Balaban J connectivity index is 2.14. The summed E-state index contributed by atoms with van der Waals surface area (Å²) in [6.45, 7) is 0. The summed E-state index contributed by atoms with van der Waals surface area (Å²) in [5.41, 5.74) is 9.68. The summed E-state index contributed by atoms with van der Waals surface area (Å²) >= 11 is 5.96. The Hall–Kier alpha value is -1.93. The normalized spacial score (nSPS) is 10.9. The number of nitrogens with two attached hydrogens (primary N) is 1. The van der Waals surface area contributed by atoms with E-state index in [1.165, 1.54) is 0 Å². The predicted molar refractivity (Wildman–Crippen MR) is 73.2 cm³/mol. The van der Waals surface area contributed by atoms with Crippen LogP contribution in [-0.2, 0) is 0 Å². The van der Waals surface area contributed by atoms with Gasteiger partial charge in [-0.15, -0.1) is 0 Å². The topological polar surface area (TPSA) is 41.8 Å². The lowest BCUT2D eigenvalue weighted by molar-refractivity contribution is 1.45. The van der Waals surface area contributed by atoms with Gasteiger partial charge >= 0.3 is 0 Å². The summed E-state index contributed by atoms with van der Waals surface area (Å²) in [4.78, 5) is 3.35. The molecule has 1 aromatic heterocycles. The van der Waals surface area contributed by atoms with Gasteiger partial charge in [0.15, 0.2) is 0 Å². The number of rotatable bonds is 1. The Bertz CT molecular complexity index is 668. The van der Waals surface area contributed by atoms with Crippen LogP contribution in [0.2, 0.25) is 5.02 Å². The van der Waals surface area contributed by atoms with E-state index in [1.807, 2.05) is 42.5 Å². The van der Waals surface area contributed by atoms with E-state index in [2.05, 4.69) is 11.1 Å². The molecule has 0 bridgehead atoms. The van der Waals surface area contributed by atoms with Crippen molar-refractivity contribution in [3.8, 4) is 11.3 Å². The Kier molecular flexibility index (Phi) is 2.30. The number of nitrogens with one attached hydrogen (secondary N) is 1. The fourth-order valence-corrected chi connectivity index (χ4v) is 2.09. The van der Waals surface area contributed by atoms with Crippen LogP contribution in [0.3, 0.4) is 0 Å². The molecule has 0 aliphatic heterocycles. The molecular formula is C14H11ClN2. The van der Waals surface area contributed by atoms with Crippen molar-refractivity contribution in [2.45, 2.75) is 0 Å². The maximum atomic E-state index is 5.96. The highest BCUT2D eigenvalue weighted by molar-refractivity contribution is 6.31. The summed E-state index contributed by atoms with van der Waals surface area (Å²) < 4.78 is 0. The summed E-state index contributed by atoms with van der Waals surface area (Å²) in [6.07, 6.45) is 0. The monoisotopic (exact) mass is 242 g/mol. The van der Waals surface area contributed by atoms with Gasteiger partial charge < -0.3 is 10.7 Å². The van der Waals surface area contributed by atoms with Gasteiger partial charge in [-0.25, -0.2) is 0 Å². The van der Waals surface area contributed by atoms with Gasteiger partial charge in [0.25, 0.3) is 0 Å². The summed E-state index contributed by atoms with van der Waals surface area (Å²) in [5.74, 6) is 0. The minimum absolute atomic E-state index is 0.739. The van der Waals surface area contributed by atoms with E-state index in [0.717, 1.165) is 32.9 Å². The Labute approximate surface area is 104 Å². The van der Waals surface area contributed by atoms with Gasteiger partial charge in [-0.1, -0.05) is 29.8 Å². The molecule has 84 valence electrons. The minimum atomic E-state index is 0.739. The third kappa shape index (κ3) is 1.87. The highest BCUT2D eigenvalue weighted by Gasteiger charge is 2.03. The van der Waals surface area contributed by atoms with E-state index in [1.54, 1.807) is 0 Å². The van der Waals surface area contributed by atoms with Gasteiger partial charge in [-0.3, -0.25) is 0 Å². The molecule has 0 saturated carbocycles. The molecule has 1 heterocycles. The number of anilines is 1. The van der Waals surface area contributed by atoms with E-state index >= 15 is 0 Å². The maximum absolute atomic E-state index is 5.96. The van der Waals surface area contributed by atoms with E-state index < -0.39 is 0 Å². The second kappa shape index (κ2) is 3.82. The average Bonchev–Trinajstić information content (AvgIpc) is 2.72. The van der Waals surface area contributed by atoms with Crippen LogP contribution in [0.25, 0.3) is 22.2 Å². The molecule has 0 unspecified atom stereocenters. The third-order valence-corrected chi connectivity index (χ3v) is 3.04. The number of hydrogen-bond donors (Lipinski definition) is 2. The third-order valence-electron chi connectivity index (χ3n) is 2.81. The second-order valence-electron chi connectivity index (χ2n) is 4.04. The zero-order chi connectivity index (χ0) is 11.8. The number of H-pyrrole nitrogens is 1. The Morgan fingerprint density at radius 2 is 1.71 bits per heavy atom. The highest BCUT2D eigenvalue weighted by atomic mass is 35.5. The molecule has 3 rings (SSSR count). The summed E-state index contributed by atoms with van der Waals surface area (Å²) in [5, 5.41) is 1.89. The number of halogens is 1. The van der Waals surface area contributed by atoms with Crippen molar-refractivity contribution >= 4 is 28.2 Å². The Morgan fingerprint density at radius 1 is 0.941 bits per heavy atom. The SMILES string of the molecule is Nc1ccc(-c2cc3ccc(Cl)cc3[nH]2)cc1. The molecule has 17 heavy (non-hydrogen) atoms. The van der Waals surface area contributed by atoms with Crippen molar-refractivity contribution in [2.75, 3.05) is 5.73 Å². The molecule has 0 aliphatic carbocycles. The fourth-order valence-electron chi connectivity index (χ4n) is 1.92. The lowest BCUT2D eigenvalue weighted by Gasteiger charge is -1.97. The predicted octanol–water partition coefficient (Wildman–Crippen LogP) is 4.07. The van der Waals surface area contributed by atoms with E-state index in [4.69, 9.17) is 17.3 Å². The van der Waals surface area contributed by atoms with E-state index in [9.17, 15) is 0 Å². The second-order valence-corrected chi connectivity index (χ2v) is 4.47. The van der Waals surface area contributed by atoms with E-state index in [0.29, 0.717) is 0 Å². The van der Waals surface area contributed by atoms with E-state index in [-0.39, 0.29) is 0 Å². The molecule has 2 nitrogen and oxygen atoms in total. The van der Waals surface area contributed by atoms with Crippen LogP contribution in [-0.4, -0.2) is 4.98 Å². The quantitative estimate of drug-likeness (QED) is 0.621. The van der Waals surface area contributed by atoms with Crippen LogP contribution in [0.4, 0.5) is 5.69 Å². The molecule has 3 aromatic rings. The highest BCUT2D eigenvalue weighted by Crippen LogP contribution is 2.26. The maximum Gasteiger partial charge on any atom is 0.0473 e. The Morgan fingerprint density at radius 3 is 2.47 bits per heavy atom. The van der Waals surface area contributed by atoms with Crippen molar-refractivity contribution in [3.05, 3.63) is 53.6 Å². The van der Waals surface area contributed by atoms with Gasteiger partial charge in [0.05, 0.1) is 0 Å². The van der Waals surface area contributed by atoms with Crippen LogP contribution in [0.5, 0.6) is 0 Å². The largest absolute Gasteiger partial charge is 0.399 e. The van der Waals surface area contributed by atoms with Gasteiger partial charge in [0.2, 0.25) is 0 Å². The van der Waals surface area contributed by atoms with Crippen molar-refractivity contribution in [1.82, 2.24) is 4.98 Å². The number of nitrogen functional groups attached to an aromatic ring is 1. The molecule has 0 amide bonds. The average molecular weight is 243 g/mol. The number of aromatic nitrogens is 1. The molecule has 0 spiro atoms. The van der Waals surface area contributed by atoms with Gasteiger partial charge in [-0.05, 0) is 35.9 Å². The molecule has 0 aliphatic rings. The summed E-state index contributed by atoms with van der Waals surface area (Å²) in [6, 6.07) is 15.7. The molecule has 2 aromatic carbocycles. The van der Waals surface area contributed by atoms with Crippen LogP contribution in [0.15, 0.2) is 48.5 Å². The minimum Gasteiger partial charge on any atom is -0.399 e. The zero-order valence-corrected chi connectivity index (χ0v) is 9.83. The smallest absolute Gasteiger partial charge is 0.0473 e. The van der Waals surface area contributed by atoms with Gasteiger partial charge in [-0.2, -0.15) is 0 Å². The molecule has 0 saturated heterocycles. The first-order valence-corrected chi connectivity index (χ1v) is 5.74. The summed E-state index contributed by atoms with van der Waals surface area (Å²) in [7, 11) is 0. The van der Waals surface area contributed by atoms with Crippen LogP contribution >= 0.6 is 11.6 Å². The first-order chi connectivity index (χ1) is 8.22. The first-order valence-electron chi connectivity index (χ1n) is 5.36. The number of benzene rings is 2. The van der Waals surface area contributed by atoms with Gasteiger partial charge in [0.1, 0.15) is 0 Å². The molecule has 0 radical (unpaired) electrons. The lowest BCUT2D eigenvalue weighted by Crippen LogP contribution is -1.83. The van der Waals surface area contributed by atoms with Crippen LogP contribution in [0.1, 0.15) is 0 Å². The van der Waals surface area contributed by atoms with Crippen molar-refractivity contribution in [1.29, 1.82) is 0 Å². The zero-order valence-electron chi connectivity index (χ0n) is 9.07. The number of aromatic amines is 1. The van der Waals surface area contributed by atoms with Crippen molar-refractivity contribution in [3.63, 3.8) is 0 Å². The number of fused-ring (bicyclic) bond motifs is 1. The van der Waals surface area contributed by atoms with Gasteiger partial charge in [0, 0.05) is 27.3 Å². The molecule has 0 atom stereocenters.